The Morgan fingerprint density at radius 2 is 2.26 bits per heavy atom. The van der Waals surface area contributed by atoms with Crippen molar-refractivity contribution < 1.29 is 9.53 Å². The molecule has 0 aliphatic carbocycles. The van der Waals surface area contributed by atoms with Crippen LogP contribution in [0.4, 0.5) is 0 Å². The Balaban J connectivity index is 2.25. The van der Waals surface area contributed by atoms with Crippen molar-refractivity contribution in [1.82, 2.24) is 5.32 Å². The molecule has 1 heterocycles. The van der Waals surface area contributed by atoms with E-state index in [4.69, 9.17) is 16.3 Å². The highest BCUT2D eigenvalue weighted by molar-refractivity contribution is 6.31. The van der Waals surface area contributed by atoms with Crippen molar-refractivity contribution in [3.05, 3.63) is 28.8 Å². The van der Waals surface area contributed by atoms with Gasteiger partial charge >= 0.3 is 0 Å². The number of nitrogens with one attached hydrogen (secondary N) is 1. The molecule has 1 aliphatic rings. The Kier molecular flexibility index (Phi) is 4.83. The molecule has 2 rings (SSSR count). The lowest BCUT2D eigenvalue weighted by molar-refractivity contribution is 0.0894. The molecule has 104 valence electrons. The van der Waals surface area contributed by atoms with Crippen LogP contribution in [0.15, 0.2) is 18.2 Å². The van der Waals surface area contributed by atoms with Crippen LogP contribution in [0.1, 0.15) is 37.0 Å². The largest absolute Gasteiger partial charge is 0.490 e. The zero-order chi connectivity index (χ0) is 13.8. The Labute approximate surface area is 119 Å². The summed E-state index contributed by atoms with van der Waals surface area (Å²) >= 11 is 6.01. The zero-order valence-electron chi connectivity index (χ0n) is 11.4. The van der Waals surface area contributed by atoms with Crippen LogP contribution in [-0.2, 0) is 0 Å². The van der Waals surface area contributed by atoms with E-state index in [0.717, 1.165) is 25.9 Å². The van der Waals surface area contributed by atoms with Gasteiger partial charge in [0.05, 0.1) is 11.7 Å². The first-order valence-corrected chi connectivity index (χ1v) is 7.17. The maximum Gasteiger partial charge on any atom is 0.170 e. The normalized spacial score (nSPS) is 19.5. The predicted molar refractivity (Wildman–Crippen MR) is 77.1 cm³/mol. The van der Waals surface area contributed by atoms with Gasteiger partial charge in [0.2, 0.25) is 0 Å². The van der Waals surface area contributed by atoms with Crippen LogP contribution in [0.25, 0.3) is 0 Å². The number of benzene rings is 1. The molecule has 1 unspecified atom stereocenters. The number of piperidine rings is 1. The molecule has 0 spiro atoms. The number of carbonyl (C=O) groups is 1. The summed E-state index contributed by atoms with van der Waals surface area (Å²) < 4.78 is 5.71. The van der Waals surface area contributed by atoms with Gasteiger partial charge in [-0.15, -0.1) is 0 Å². The van der Waals surface area contributed by atoms with Crippen LogP contribution in [-0.4, -0.2) is 25.0 Å². The second-order valence-electron chi connectivity index (χ2n) is 5.21. The highest BCUT2D eigenvalue weighted by Crippen LogP contribution is 2.28. The third kappa shape index (κ3) is 3.71. The molecule has 0 bridgehead atoms. The molecular weight excluding hydrogens is 262 g/mol. The van der Waals surface area contributed by atoms with Gasteiger partial charge in [0.25, 0.3) is 0 Å². The van der Waals surface area contributed by atoms with E-state index >= 15 is 0 Å². The number of halogens is 1. The first kappa shape index (κ1) is 14.4. The summed E-state index contributed by atoms with van der Waals surface area (Å²) in [5.74, 6) is 0.794. The smallest absolute Gasteiger partial charge is 0.170 e. The molecular formula is C15H20ClNO2. The van der Waals surface area contributed by atoms with Gasteiger partial charge in [0, 0.05) is 17.5 Å². The maximum absolute atomic E-state index is 12.6. The molecule has 0 radical (unpaired) electrons. The van der Waals surface area contributed by atoms with Crippen LogP contribution in [0.3, 0.4) is 0 Å². The van der Waals surface area contributed by atoms with E-state index < -0.39 is 0 Å². The van der Waals surface area contributed by atoms with Gasteiger partial charge < -0.3 is 10.1 Å². The minimum Gasteiger partial charge on any atom is -0.490 e. The lowest BCUT2D eigenvalue weighted by Gasteiger charge is -2.23. The molecule has 1 aromatic carbocycles. The fourth-order valence-electron chi connectivity index (χ4n) is 2.35. The molecule has 1 atom stereocenters. The quantitative estimate of drug-likeness (QED) is 0.861. The van der Waals surface area contributed by atoms with Crippen molar-refractivity contribution in [2.45, 2.75) is 32.8 Å². The molecule has 1 aliphatic heterocycles. The van der Waals surface area contributed by atoms with Gasteiger partial charge in [-0.05, 0) is 51.4 Å². The van der Waals surface area contributed by atoms with E-state index in [1.807, 2.05) is 13.8 Å². The lowest BCUT2D eigenvalue weighted by atomic mass is 9.90. The Morgan fingerprint density at radius 3 is 2.89 bits per heavy atom. The number of rotatable bonds is 4. The average molecular weight is 282 g/mol. The van der Waals surface area contributed by atoms with Gasteiger partial charge in [0.1, 0.15) is 5.75 Å². The molecule has 19 heavy (non-hydrogen) atoms. The van der Waals surface area contributed by atoms with E-state index in [2.05, 4.69) is 5.32 Å². The third-order valence-electron chi connectivity index (χ3n) is 3.24. The highest BCUT2D eigenvalue weighted by atomic mass is 35.5. The summed E-state index contributed by atoms with van der Waals surface area (Å²) in [7, 11) is 0. The number of ketones is 1. The summed E-state index contributed by atoms with van der Waals surface area (Å²) in [5.41, 5.74) is 0.606. The van der Waals surface area contributed by atoms with Crippen LogP contribution in [0.2, 0.25) is 5.02 Å². The standard InChI is InChI=1S/C15H20ClNO2/c1-10(2)19-14-6-5-12(16)8-13(14)15(18)11-4-3-7-17-9-11/h5-6,8,10-11,17H,3-4,7,9H2,1-2H3. The van der Waals surface area contributed by atoms with Crippen molar-refractivity contribution in [1.29, 1.82) is 0 Å². The fraction of sp³-hybridized carbons (Fsp3) is 0.533. The number of Topliss-reactive ketones (excluding diaryl/α,β-unsaturated/α-hetero) is 1. The number of ether oxygens (including phenoxy) is 1. The van der Waals surface area contributed by atoms with E-state index in [0.29, 0.717) is 16.3 Å². The van der Waals surface area contributed by atoms with Crippen LogP contribution in [0, 0.1) is 5.92 Å². The van der Waals surface area contributed by atoms with Crippen molar-refractivity contribution in [3.8, 4) is 5.75 Å². The van der Waals surface area contributed by atoms with Crippen molar-refractivity contribution in [2.75, 3.05) is 13.1 Å². The van der Waals surface area contributed by atoms with Crippen LogP contribution < -0.4 is 10.1 Å². The summed E-state index contributed by atoms with van der Waals surface area (Å²) in [6.45, 7) is 5.64. The fourth-order valence-corrected chi connectivity index (χ4v) is 2.52. The van der Waals surface area contributed by atoms with Gasteiger partial charge in [-0.3, -0.25) is 4.79 Å². The number of hydrogen-bond donors (Lipinski definition) is 1. The molecule has 0 aromatic heterocycles. The zero-order valence-corrected chi connectivity index (χ0v) is 12.2. The molecule has 1 saturated heterocycles. The minimum absolute atomic E-state index is 0.0294. The summed E-state index contributed by atoms with van der Waals surface area (Å²) in [6, 6.07) is 5.26. The summed E-state index contributed by atoms with van der Waals surface area (Å²) in [5, 5.41) is 3.84. The molecule has 1 fully saturated rings. The maximum atomic E-state index is 12.6. The first-order valence-electron chi connectivity index (χ1n) is 6.79. The van der Waals surface area contributed by atoms with E-state index in [1.165, 1.54) is 0 Å². The van der Waals surface area contributed by atoms with Crippen molar-refractivity contribution in [3.63, 3.8) is 0 Å². The average Bonchev–Trinajstić information content (AvgIpc) is 2.40. The van der Waals surface area contributed by atoms with Gasteiger partial charge in [0.15, 0.2) is 5.78 Å². The van der Waals surface area contributed by atoms with Crippen LogP contribution in [0.5, 0.6) is 5.75 Å². The Morgan fingerprint density at radius 1 is 1.47 bits per heavy atom. The Bertz CT molecular complexity index is 453. The molecule has 0 saturated carbocycles. The second kappa shape index (κ2) is 6.40. The lowest BCUT2D eigenvalue weighted by Crippen LogP contribution is -2.34. The topological polar surface area (TPSA) is 38.3 Å². The van der Waals surface area contributed by atoms with Crippen LogP contribution >= 0.6 is 11.6 Å². The molecule has 0 amide bonds. The predicted octanol–water partition coefficient (Wildman–Crippen LogP) is 3.31. The monoisotopic (exact) mass is 281 g/mol. The van der Waals surface area contributed by atoms with E-state index in [1.54, 1.807) is 18.2 Å². The van der Waals surface area contributed by atoms with Gasteiger partial charge in [-0.1, -0.05) is 11.6 Å². The van der Waals surface area contributed by atoms with E-state index in [-0.39, 0.29) is 17.8 Å². The van der Waals surface area contributed by atoms with E-state index in [9.17, 15) is 4.79 Å². The van der Waals surface area contributed by atoms with Crippen molar-refractivity contribution in [2.24, 2.45) is 5.92 Å². The summed E-state index contributed by atoms with van der Waals surface area (Å²) in [4.78, 5) is 12.6. The SMILES string of the molecule is CC(C)Oc1ccc(Cl)cc1C(=O)C1CCCNC1. The minimum atomic E-state index is 0.0294. The molecule has 1 aromatic rings. The third-order valence-corrected chi connectivity index (χ3v) is 3.47. The second-order valence-corrected chi connectivity index (χ2v) is 5.65. The highest BCUT2D eigenvalue weighted by Gasteiger charge is 2.25. The van der Waals surface area contributed by atoms with Gasteiger partial charge in [-0.25, -0.2) is 0 Å². The molecule has 4 heteroatoms. The Hall–Kier alpha value is -1.06. The summed E-state index contributed by atoms with van der Waals surface area (Å²) in [6.07, 6.45) is 2.01. The number of carbonyl (C=O) groups excluding carboxylic acids is 1. The van der Waals surface area contributed by atoms with Gasteiger partial charge in [-0.2, -0.15) is 0 Å². The van der Waals surface area contributed by atoms with Crippen molar-refractivity contribution >= 4 is 17.4 Å². The molecule has 3 nitrogen and oxygen atoms in total. The number of hydrogen-bond acceptors (Lipinski definition) is 3. The first-order chi connectivity index (χ1) is 9.08. The molecule has 1 N–H and O–H groups in total.